The molecule has 0 radical (unpaired) electrons. The fourth-order valence-corrected chi connectivity index (χ4v) is 10.8. The fourth-order valence-electron chi connectivity index (χ4n) is 6.00. The van der Waals surface area contributed by atoms with Crippen LogP contribution >= 0.6 is 0 Å². The highest BCUT2D eigenvalue weighted by molar-refractivity contribution is 6.99. The van der Waals surface area contributed by atoms with Crippen LogP contribution in [0.1, 0.15) is 64.4 Å². The lowest BCUT2D eigenvalue weighted by Gasteiger charge is -2.46. The number of benzene rings is 3. The van der Waals surface area contributed by atoms with E-state index in [1.807, 2.05) is 0 Å². The second-order valence-corrected chi connectivity index (χ2v) is 15.3. The van der Waals surface area contributed by atoms with E-state index in [0.29, 0.717) is 0 Å². The molecule has 36 heavy (non-hydrogen) atoms. The van der Waals surface area contributed by atoms with Gasteiger partial charge in [0.1, 0.15) is 5.82 Å². The molecule has 1 aliphatic rings. The monoisotopic (exact) mass is 504 g/mol. The highest BCUT2D eigenvalue weighted by atomic mass is 28.4. The smallest absolute Gasteiger partial charge is 0.303 e. The first-order valence-electron chi connectivity index (χ1n) is 13.0. The van der Waals surface area contributed by atoms with E-state index in [9.17, 15) is 14.3 Å². The average Bonchev–Trinajstić information content (AvgIpc) is 2.87. The van der Waals surface area contributed by atoms with Gasteiger partial charge in [0.25, 0.3) is 8.32 Å². The Labute approximate surface area is 215 Å². The maximum absolute atomic E-state index is 13.5. The van der Waals surface area contributed by atoms with Crippen molar-refractivity contribution in [2.24, 2.45) is 5.92 Å². The largest absolute Gasteiger partial charge is 0.481 e. The Morgan fingerprint density at radius 1 is 0.889 bits per heavy atom. The average molecular weight is 505 g/mol. The van der Waals surface area contributed by atoms with Crippen LogP contribution < -0.4 is 10.4 Å². The summed E-state index contributed by atoms with van der Waals surface area (Å²) in [6.07, 6.45) is 3.78. The minimum atomic E-state index is -2.62. The molecule has 1 atom stereocenters. The van der Waals surface area contributed by atoms with Crippen LogP contribution in [0.25, 0.3) is 0 Å². The van der Waals surface area contributed by atoms with Gasteiger partial charge >= 0.3 is 5.97 Å². The summed E-state index contributed by atoms with van der Waals surface area (Å²) in [5.74, 6) is -0.979. The Hall–Kier alpha value is -2.76. The first-order valence-corrected chi connectivity index (χ1v) is 14.9. The van der Waals surface area contributed by atoms with E-state index in [-0.39, 0.29) is 35.2 Å². The normalized spacial score (nSPS) is 19.6. The van der Waals surface area contributed by atoms with Crippen molar-refractivity contribution < 1.29 is 18.7 Å². The third kappa shape index (κ3) is 5.63. The third-order valence-electron chi connectivity index (χ3n) is 7.74. The van der Waals surface area contributed by atoms with Gasteiger partial charge in [-0.05, 0) is 70.6 Å². The zero-order valence-corrected chi connectivity index (χ0v) is 22.5. The Morgan fingerprint density at radius 2 is 1.39 bits per heavy atom. The highest BCUT2D eigenvalue weighted by Crippen LogP contribution is 2.43. The first-order chi connectivity index (χ1) is 17.2. The quantitative estimate of drug-likeness (QED) is 0.355. The molecule has 3 aromatic rings. The van der Waals surface area contributed by atoms with Crippen molar-refractivity contribution in [2.45, 2.75) is 69.9 Å². The predicted molar refractivity (Wildman–Crippen MR) is 146 cm³/mol. The lowest BCUT2D eigenvalue weighted by molar-refractivity contribution is -0.137. The molecule has 3 nitrogen and oxygen atoms in total. The molecule has 1 aliphatic carbocycles. The van der Waals surface area contributed by atoms with Crippen molar-refractivity contribution in [3.05, 3.63) is 96.3 Å². The number of hydrogen-bond acceptors (Lipinski definition) is 2. The van der Waals surface area contributed by atoms with Crippen LogP contribution in [0.3, 0.4) is 0 Å². The van der Waals surface area contributed by atoms with Crippen molar-refractivity contribution in [1.29, 1.82) is 0 Å². The summed E-state index contributed by atoms with van der Waals surface area (Å²) in [5.41, 5.74) is 0.912. The maximum atomic E-state index is 13.5. The minimum absolute atomic E-state index is 0.0660. The Morgan fingerprint density at radius 3 is 1.83 bits per heavy atom. The molecule has 1 fully saturated rings. The van der Waals surface area contributed by atoms with Crippen LogP contribution in [-0.4, -0.2) is 25.5 Å². The van der Waals surface area contributed by atoms with E-state index < -0.39 is 14.3 Å². The van der Waals surface area contributed by atoms with Crippen molar-refractivity contribution in [2.75, 3.05) is 0 Å². The van der Waals surface area contributed by atoms with Gasteiger partial charge in [-0.15, -0.1) is 0 Å². The molecule has 0 amide bonds. The predicted octanol–water partition coefficient (Wildman–Crippen LogP) is 6.52. The second kappa shape index (κ2) is 11.1. The van der Waals surface area contributed by atoms with Gasteiger partial charge in [-0.2, -0.15) is 0 Å². The van der Waals surface area contributed by atoms with Gasteiger partial charge in [0, 0.05) is 6.10 Å². The third-order valence-corrected chi connectivity index (χ3v) is 12.8. The number of carbonyl (C=O) groups is 1. The van der Waals surface area contributed by atoms with Crippen LogP contribution in [0.15, 0.2) is 84.9 Å². The molecular formula is C31H37FO3Si. The van der Waals surface area contributed by atoms with E-state index in [1.165, 1.54) is 22.5 Å². The molecular weight excluding hydrogens is 467 g/mol. The summed E-state index contributed by atoms with van der Waals surface area (Å²) in [6.45, 7) is 6.88. The van der Waals surface area contributed by atoms with Gasteiger partial charge in [-0.25, -0.2) is 4.39 Å². The molecule has 0 spiro atoms. The Bertz CT molecular complexity index is 1080. The highest BCUT2D eigenvalue weighted by Gasteiger charge is 2.51. The lowest BCUT2D eigenvalue weighted by atomic mass is 9.74. The zero-order valence-electron chi connectivity index (χ0n) is 21.5. The molecule has 3 aromatic carbocycles. The van der Waals surface area contributed by atoms with Crippen LogP contribution in [-0.2, 0) is 9.22 Å². The molecule has 0 aromatic heterocycles. The molecule has 0 unspecified atom stereocenters. The molecule has 0 bridgehead atoms. The standard InChI is InChI=1S/C31H37FO3Si/c1-31(2,3)36(27-10-6-4-7-11-27,28-12-8-5-9-13-28)35-26-20-16-24(17-21-26)29(22-30(33)34)23-14-18-25(32)19-15-23/h4-15,18-19,24,26,29H,16-17,20-22H2,1-3H3,(H,33,34)/t24?,26?,29-/m0/s1. The molecule has 1 N–H and O–H groups in total. The number of halogens is 1. The van der Waals surface area contributed by atoms with Crippen LogP contribution in [0.2, 0.25) is 5.04 Å². The zero-order chi connectivity index (χ0) is 25.8. The SMILES string of the molecule is CC(C)(C)[Si](OC1CCC([C@@H](CC(=O)O)c2ccc(F)cc2)CC1)(c1ccccc1)c1ccccc1. The maximum Gasteiger partial charge on any atom is 0.303 e. The van der Waals surface area contributed by atoms with Gasteiger partial charge in [0.2, 0.25) is 0 Å². The molecule has 0 saturated heterocycles. The Kier molecular flexibility index (Phi) is 8.11. The van der Waals surface area contributed by atoms with E-state index in [4.69, 9.17) is 4.43 Å². The minimum Gasteiger partial charge on any atom is -0.481 e. The van der Waals surface area contributed by atoms with E-state index in [1.54, 1.807) is 12.1 Å². The molecule has 0 heterocycles. The molecule has 4 rings (SSSR count). The number of carboxylic acids is 1. The van der Waals surface area contributed by atoms with Crippen LogP contribution in [0, 0.1) is 11.7 Å². The molecule has 190 valence electrons. The summed E-state index contributed by atoms with van der Waals surface area (Å²) in [6, 6.07) is 27.7. The number of hydrogen-bond donors (Lipinski definition) is 1. The Balaban J connectivity index is 1.60. The summed E-state index contributed by atoms with van der Waals surface area (Å²) in [7, 11) is -2.62. The van der Waals surface area contributed by atoms with Gasteiger partial charge in [-0.1, -0.05) is 93.6 Å². The van der Waals surface area contributed by atoms with Gasteiger partial charge < -0.3 is 9.53 Å². The number of carboxylic acid groups (broad SMARTS) is 1. The lowest BCUT2D eigenvalue weighted by Crippen LogP contribution is -2.67. The van der Waals surface area contributed by atoms with Crippen molar-refractivity contribution in [1.82, 2.24) is 0 Å². The van der Waals surface area contributed by atoms with Crippen molar-refractivity contribution in [3.8, 4) is 0 Å². The number of aliphatic carboxylic acids is 1. The summed E-state index contributed by atoms with van der Waals surface area (Å²) < 4.78 is 20.8. The van der Waals surface area contributed by atoms with Crippen molar-refractivity contribution in [3.63, 3.8) is 0 Å². The van der Waals surface area contributed by atoms with E-state index in [0.717, 1.165) is 31.2 Å². The van der Waals surface area contributed by atoms with Crippen LogP contribution in [0.5, 0.6) is 0 Å². The summed E-state index contributed by atoms with van der Waals surface area (Å²) in [4.78, 5) is 11.7. The topological polar surface area (TPSA) is 46.5 Å². The fraction of sp³-hybridized carbons (Fsp3) is 0.387. The molecule has 1 saturated carbocycles. The number of rotatable bonds is 8. The van der Waals surface area contributed by atoms with E-state index in [2.05, 4.69) is 81.4 Å². The second-order valence-electron chi connectivity index (χ2n) is 11.1. The van der Waals surface area contributed by atoms with Gasteiger partial charge in [0.15, 0.2) is 0 Å². The summed E-state index contributed by atoms with van der Waals surface area (Å²) in [5, 5.41) is 12.1. The molecule has 5 heteroatoms. The van der Waals surface area contributed by atoms with Gasteiger partial charge in [0.05, 0.1) is 6.42 Å². The first kappa shape index (κ1) is 26.3. The van der Waals surface area contributed by atoms with Crippen LogP contribution in [0.4, 0.5) is 4.39 Å². The molecule has 0 aliphatic heterocycles. The summed E-state index contributed by atoms with van der Waals surface area (Å²) >= 11 is 0. The van der Waals surface area contributed by atoms with E-state index >= 15 is 0 Å². The van der Waals surface area contributed by atoms with Gasteiger partial charge in [-0.3, -0.25) is 4.79 Å². The van der Waals surface area contributed by atoms with Crippen molar-refractivity contribution >= 4 is 24.7 Å².